The van der Waals surface area contributed by atoms with Crippen LogP contribution in [0, 0.1) is 0 Å². The van der Waals surface area contributed by atoms with Crippen molar-refractivity contribution in [2.75, 3.05) is 0 Å². The maximum atomic E-state index is 5.18. The normalized spacial score (nSPS) is 11.0. The van der Waals surface area contributed by atoms with E-state index in [2.05, 4.69) is 20.2 Å². The Labute approximate surface area is 114 Å². The van der Waals surface area contributed by atoms with Crippen LogP contribution in [0.4, 0.5) is 0 Å². The molecule has 0 aliphatic carbocycles. The van der Waals surface area contributed by atoms with E-state index in [4.69, 9.17) is 4.42 Å². The molecule has 96 valence electrons. The summed E-state index contributed by atoms with van der Waals surface area (Å²) in [4.78, 5) is 8.35. The summed E-state index contributed by atoms with van der Waals surface area (Å²) < 4.78 is 5.18. The van der Waals surface area contributed by atoms with E-state index in [0.29, 0.717) is 5.65 Å². The smallest absolute Gasteiger partial charge is 0.182 e. The van der Waals surface area contributed by atoms with Gasteiger partial charge in [-0.05, 0) is 29.8 Å². The zero-order valence-electron chi connectivity index (χ0n) is 10.4. The van der Waals surface area contributed by atoms with Crippen molar-refractivity contribution in [3.8, 4) is 22.4 Å². The molecule has 0 aromatic carbocycles. The number of rotatable bonds is 2. The van der Waals surface area contributed by atoms with Crippen LogP contribution < -0.4 is 0 Å². The van der Waals surface area contributed by atoms with Gasteiger partial charge in [0.05, 0.1) is 23.6 Å². The number of fused-ring (bicyclic) bond motifs is 1. The number of nitrogens with one attached hydrogen (secondary N) is 1. The van der Waals surface area contributed by atoms with Gasteiger partial charge in [0.15, 0.2) is 5.65 Å². The van der Waals surface area contributed by atoms with Gasteiger partial charge in [0.25, 0.3) is 0 Å². The van der Waals surface area contributed by atoms with Crippen LogP contribution >= 0.6 is 0 Å². The molecule has 0 aliphatic rings. The molecule has 1 N–H and O–H groups in total. The third-order valence-electron chi connectivity index (χ3n) is 3.26. The maximum Gasteiger partial charge on any atom is 0.182 e. The number of hydrogen-bond acceptors (Lipinski definition) is 4. The highest BCUT2D eigenvalue weighted by Gasteiger charge is 2.14. The van der Waals surface area contributed by atoms with Gasteiger partial charge in [0.1, 0.15) is 0 Å². The van der Waals surface area contributed by atoms with Crippen molar-refractivity contribution in [2.24, 2.45) is 0 Å². The number of pyridine rings is 2. The van der Waals surface area contributed by atoms with Gasteiger partial charge in [0.2, 0.25) is 0 Å². The molecule has 4 heterocycles. The third kappa shape index (κ3) is 1.60. The number of H-pyrrole nitrogens is 1. The molecule has 0 aliphatic heterocycles. The Bertz CT molecular complexity index is 850. The summed E-state index contributed by atoms with van der Waals surface area (Å²) in [6, 6.07) is 7.78. The molecule has 20 heavy (non-hydrogen) atoms. The number of nitrogens with zero attached hydrogens (tertiary/aromatic N) is 3. The zero-order chi connectivity index (χ0) is 13.4. The molecule has 0 saturated heterocycles. The number of hydrogen-bond donors (Lipinski definition) is 1. The van der Waals surface area contributed by atoms with Gasteiger partial charge in [-0.2, -0.15) is 5.10 Å². The lowest BCUT2D eigenvalue weighted by Crippen LogP contribution is -1.83. The molecule has 0 atom stereocenters. The summed E-state index contributed by atoms with van der Waals surface area (Å²) >= 11 is 0. The largest absolute Gasteiger partial charge is 0.472 e. The van der Waals surface area contributed by atoms with E-state index in [0.717, 1.165) is 27.8 Å². The summed E-state index contributed by atoms with van der Waals surface area (Å²) in [6.07, 6.45) is 8.65. The molecule has 5 nitrogen and oxygen atoms in total. The Morgan fingerprint density at radius 2 is 1.85 bits per heavy atom. The lowest BCUT2D eigenvalue weighted by molar-refractivity contribution is 0.568. The van der Waals surface area contributed by atoms with Crippen LogP contribution in [-0.2, 0) is 0 Å². The number of aromatic amines is 1. The quantitative estimate of drug-likeness (QED) is 0.602. The molecule has 4 aromatic rings. The number of furan rings is 1. The van der Waals surface area contributed by atoms with Crippen LogP contribution in [0.15, 0.2) is 59.8 Å². The Morgan fingerprint density at radius 1 is 0.950 bits per heavy atom. The highest BCUT2D eigenvalue weighted by atomic mass is 16.3. The van der Waals surface area contributed by atoms with Crippen LogP contribution in [0.2, 0.25) is 0 Å². The Hall–Kier alpha value is -2.95. The third-order valence-corrected chi connectivity index (χ3v) is 3.26. The second-order valence-corrected chi connectivity index (χ2v) is 4.40. The molecule has 0 bridgehead atoms. The second kappa shape index (κ2) is 4.31. The fourth-order valence-corrected chi connectivity index (χ4v) is 2.33. The van der Waals surface area contributed by atoms with Crippen LogP contribution in [0.5, 0.6) is 0 Å². The van der Waals surface area contributed by atoms with Crippen molar-refractivity contribution >= 4 is 11.0 Å². The van der Waals surface area contributed by atoms with E-state index in [9.17, 15) is 0 Å². The van der Waals surface area contributed by atoms with Crippen LogP contribution in [0.25, 0.3) is 33.4 Å². The first-order valence-electron chi connectivity index (χ1n) is 6.19. The van der Waals surface area contributed by atoms with Gasteiger partial charge in [-0.1, -0.05) is 0 Å². The van der Waals surface area contributed by atoms with Gasteiger partial charge in [-0.3, -0.25) is 10.1 Å². The van der Waals surface area contributed by atoms with E-state index in [1.165, 1.54) is 0 Å². The summed E-state index contributed by atoms with van der Waals surface area (Å²) in [6.45, 7) is 0. The minimum Gasteiger partial charge on any atom is -0.472 e. The molecule has 0 spiro atoms. The molecule has 5 heteroatoms. The van der Waals surface area contributed by atoms with Gasteiger partial charge in [0, 0.05) is 29.7 Å². The molecule has 0 radical (unpaired) electrons. The van der Waals surface area contributed by atoms with Crippen molar-refractivity contribution in [3.63, 3.8) is 0 Å². The predicted octanol–water partition coefficient (Wildman–Crippen LogP) is 3.28. The van der Waals surface area contributed by atoms with Gasteiger partial charge >= 0.3 is 0 Å². The van der Waals surface area contributed by atoms with Crippen LogP contribution in [-0.4, -0.2) is 20.2 Å². The molecule has 0 unspecified atom stereocenters. The number of aromatic nitrogens is 4. The lowest BCUT2D eigenvalue weighted by atomic mass is 10.0. The maximum absolute atomic E-state index is 5.18. The minimum absolute atomic E-state index is 0.690. The fraction of sp³-hybridized carbons (Fsp3) is 0. The van der Waals surface area contributed by atoms with Crippen LogP contribution in [0.3, 0.4) is 0 Å². The fourth-order valence-electron chi connectivity index (χ4n) is 2.33. The molecule has 0 fully saturated rings. The minimum atomic E-state index is 0.690. The SMILES string of the molecule is c1cc(-c2[nH]nc3nccc(-c4ccoc4)c23)ccn1. The summed E-state index contributed by atoms with van der Waals surface area (Å²) in [5.41, 5.74) is 4.71. The van der Waals surface area contributed by atoms with Gasteiger partial charge in [-0.15, -0.1) is 0 Å². The first-order valence-corrected chi connectivity index (χ1v) is 6.19. The zero-order valence-corrected chi connectivity index (χ0v) is 10.4. The van der Waals surface area contributed by atoms with E-state index < -0.39 is 0 Å². The molecular formula is C15H10N4O. The van der Waals surface area contributed by atoms with E-state index >= 15 is 0 Å². The highest BCUT2D eigenvalue weighted by Crippen LogP contribution is 2.33. The van der Waals surface area contributed by atoms with Crippen LogP contribution in [0.1, 0.15) is 0 Å². The van der Waals surface area contributed by atoms with Crippen molar-refractivity contribution in [1.82, 2.24) is 20.2 Å². The first kappa shape index (κ1) is 10.9. The van der Waals surface area contributed by atoms with Crippen molar-refractivity contribution in [1.29, 1.82) is 0 Å². The molecular weight excluding hydrogens is 252 g/mol. The lowest BCUT2D eigenvalue weighted by Gasteiger charge is -2.02. The Morgan fingerprint density at radius 3 is 2.65 bits per heavy atom. The molecule has 4 rings (SSSR count). The topological polar surface area (TPSA) is 67.6 Å². The molecule has 0 amide bonds. The van der Waals surface area contributed by atoms with Crippen molar-refractivity contribution in [2.45, 2.75) is 0 Å². The van der Waals surface area contributed by atoms with E-state index in [1.54, 1.807) is 31.1 Å². The van der Waals surface area contributed by atoms with E-state index in [-0.39, 0.29) is 0 Å². The van der Waals surface area contributed by atoms with Crippen molar-refractivity contribution in [3.05, 3.63) is 55.4 Å². The first-order chi connectivity index (χ1) is 9.93. The standard InChI is InChI=1S/C15H10N4O/c1-5-16-6-2-10(1)14-13-12(11-4-8-20-9-11)3-7-17-15(13)19-18-14/h1-9H,(H,17,18,19). The average Bonchev–Trinajstić information content (AvgIpc) is 3.17. The summed E-state index contributed by atoms with van der Waals surface area (Å²) in [7, 11) is 0. The summed E-state index contributed by atoms with van der Waals surface area (Å²) in [5.74, 6) is 0. The second-order valence-electron chi connectivity index (χ2n) is 4.40. The highest BCUT2D eigenvalue weighted by molar-refractivity contribution is 6.01. The van der Waals surface area contributed by atoms with E-state index in [1.807, 2.05) is 24.3 Å². The predicted molar refractivity (Wildman–Crippen MR) is 74.8 cm³/mol. The average molecular weight is 262 g/mol. The Balaban J connectivity index is 2.04. The summed E-state index contributed by atoms with van der Waals surface area (Å²) in [5, 5.41) is 8.33. The molecule has 4 aromatic heterocycles. The Kier molecular flexibility index (Phi) is 2.35. The van der Waals surface area contributed by atoms with Crippen molar-refractivity contribution < 1.29 is 4.42 Å². The van der Waals surface area contributed by atoms with Gasteiger partial charge < -0.3 is 4.42 Å². The molecule has 0 saturated carbocycles. The monoisotopic (exact) mass is 262 g/mol. The van der Waals surface area contributed by atoms with Gasteiger partial charge in [-0.25, -0.2) is 4.98 Å².